The van der Waals surface area contributed by atoms with Crippen LogP contribution < -0.4 is 0 Å². The first kappa shape index (κ1) is 16.0. The number of nitrogens with zero attached hydrogens (tertiary/aromatic N) is 1. The highest BCUT2D eigenvalue weighted by Gasteiger charge is 2.38. The molecule has 0 aromatic heterocycles. The van der Waals surface area contributed by atoms with Crippen molar-refractivity contribution in [2.24, 2.45) is 5.92 Å². The van der Waals surface area contributed by atoms with Crippen molar-refractivity contribution in [3.05, 3.63) is 35.9 Å². The Balaban J connectivity index is 2.17. The van der Waals surface area contributed by atoms with E-state index < -0.39 is 5.97 Å². The van der Waals surface area contributed by atoms with Gasteiger partial charge in [0.15, 0.2) is 0 Å². The molecule has 1 aromatic carbocycles. The van der Waals surface area contributed by atoms with E-state index in [1.165, 1.54) is 5.56 Å². The van der Waals surface area contributed by atoms with Crippen LogP contribution in [0.3, 0.4) is 0 Å². The maximum Gasteiger partial charge on any atom is 0.308 e. The second kappa shape index (κ2) is 7.08. The van der Waals surface area contributed by atoms with E-state index in [4.69, 9.17) is 0 Å². The molecule has 4 unspecified atom stereocenters. The summed E-state index contributed by atoms with van der Waals surface area (Å²) in [5, 5.41) is 9.54. The van der Waals surface area contributed by atoms with Gasteiger partial charge in [-0.15, -0.1) is 0 Å². The van der Waals surface area contributed by atoms with Crippen LogP contribution in [0.5, 0.6) is 0 Å². The standard InChI is InChI=1S/C18H27NO2/c1-4-13(2)19(3)17-12-15(10-11-16(17)18(20)21)14-8-6-5-7-9-14/h5-9,13,15-17H,4,10-12H2,1-3H3,(H,20,21). The fourth-order valence-electron chi connectivity index (χ4n) is 3.53. The third-order valence-corrected chi connectivity index (χ3v) is 5.21. The fraction of sp³-hybridized carbons (Fsp3) is 0.611. The molecule has 0 bridgehead atoms. The zero-order valence-corrected chi connectivity index (χ0v) is 13.3. The van der Waals surface area contributed by atoms with Gasteiger partial charge in [-0.05, 0) is 51.1 Å². The van der Waals surface area contributed by atoms with Crippen LogP contribution in [0.1, 0.15) is 51.0 Å². The number of aliphatic carboxylic acids is 1. The first-order chi connectivity index (χ1) is 10.0. The Hall–Kier alpha value is -1.35. The smallest absolute Gasteiger partial charge is 0.308 e. The summed E-state index contributed by atoms with van der Waals surface area (Å²) < 4.78 is 0. The Kier molecular flexibility index (Phi) is 5.40. The number of benzene rings is 1. The summed E-state index contributed by atoms with van der Waals surface area (Å²) >= 11 is 0. The summed E-state index contributed by atoms with van der Waals surface area (Å²) in [4.78, 5) is 13.9. The van der Waals surface area contributed by atoms with Gasteiger partial charge in [-0.25, -0.2) is 0 Å². The summed E-state index contributed by atoms with van der Waals surface area (Å²) in [6.07, 6.45) is 3.75. The van der Waals surface area contributed by atoms with Crippen LogP contribution in [0, 0.1) is 5.92 Å². The van der Waals surface area contributed by atoms with E-state index in [1.54, 1.807) is 0 Å². The van der Waals surface area contributed by atoms with Crippen LogP contribution in [0.25, 0.3) is 0 Å². The zero-order valence-electron chi connectivity index (χ0n) is 13.3. The first-order valence-corrected chi connectivity index (χ1v) is 8.04. The van der Waals surface area contributed by atoms with Gasteiger partial charge in [-0.3, -0.25) is 9.69 Å². The van der Waals surface area contributed by atoms with E-state index in [-0.39, 0.29) is 12.0 Å². The topological polar surface area (TPSA) is 40.5 Å². The van der Waals surface area contributed by atoms with Crippen LogP contribution in [0.2, 0.25) is 0 Å². The molecule has 1 aliphatic rings. The van der Waals surface area contributed by atoms with E-state index in [2.05, 4.69) is 50.1 Å². The van der Waals surface area contributed by atoms with Gasteiger partial charge in [0.2, 0.25) is 0 Å². The predicted molar refractivity (Wildman–Crippen MR) is 85.5 cm³/mol. The molecule has 0 amide bonds. The molecule has 1 N–H and O–H groups in total. The Morgan fingerprint density at radius 2 is 2.00 bits per heavy atom. The second-order valence-corrected chi connectivity index (χ2v) is 6.36. The summed E-state index contributed by atoms with van der Waals surface area (Å²) in [5.74, 6) is -0.385. The SMILES string of the molecule is CCC(C)N(C)C1CC(c2ccccc2)CCC1C(=O)O. The van der Waals surface area contributed by atoms with Crippen molar-refractivity contribution in [3.8, 4) is 0 Å². The van der Waals surface area contributed by atoms with Crippen molar-refractivity contribution in [2.45, 2.75) is 57.5 Å². The average molecular weight is 289 g/mol. The van der Waals surface area contributed by atoms with Gasteiger partial charge in [0.25, 0.3) is 0 Å². The lowest BCUT2D eigenvalue weighted by atomic mass is 9.74. The third-order valence-electron chi connectivity index (χ3n) is 5.21. The Bertz CT molecular complexity index is 460. The Morgan fingerprint density at radius 1 is 1.33 bits per heavy atom. The summed E-state index contributed by atoms with van der Waals surface area (Å²) in [5.41, 5.74) is 1.35. The normalized spacial score (nSPS) is 27.5. The number of rotatable bonds is 5. The molecule has 3 heteroatoms. The number of carboxylic acid groups (broad SMARTS) is 1. The Morgan fingerprint density at radius 3 is 2.57 bits per heavy atom. The van der Waals surface area contributed by atoms with Crippen LogP contribution in [0.4, 0.5) is 0 Å². The van der Waals surface area contributed by atoms with E-state index in [9.17, 15) is 9.90 Å². The molecule has 2 rings (SSSR count). The highest BCUT2D eigenvalue weighted by atomic mass is 16.4. The number of carboxylic acids is 1. The third kappa shape index (κ3) is 3.65. The van der Waals surface area contributed by atoms with E-state index >= 15 is 0 Å². The van der Waals surface area contributed by atoms with Gasteiger partial charge in [-0.1, -0.05) is 37.3 Å². The molecule has 0 radical (unpaired) electrons. The maximum absolute atomic E-state index is 11.6. The first-order valence-electron chi connectivity index (χ1n) is 8.04. The van der Waals surface area contributed by atoms with Crippen molar-refractivity contribution >= 4 is 5.97 Å². The molecular weight excluding hydrogens is 262 g/mol. The van der Waals surface area contributed by atoms with Gasteiger partial charge >= 0.3 is 5.97 Å². The summed E-state index contributed by atoms with van der Waals surface area (Å²) in [6.45, 7) is 4.35. The maximum atomic E-state index is 11.6. The molecule has 1 aromatic rings. The minimum absolute atomic E-state index is 0.136. The molecule has 0 saturated heterocycles. The quantitative estimate of drug-likeness (QED) is 0.897. The highest BCUT2D eigenvalue weighted by molar-refractivity contribution is 5.71. The van der Waals surface area contributed by atoms with Gasteiger partial charge in [0.05, 0.1) is 5.92 Å². The average Bonchev–Trinajstić information content (AvgIpc) is 2.53. The molecule has 1 saturated carbocycles. The number of hydrogen-bond donors (Lipinski definition) is 1. The molecule has 1 fully saturated rings. The van der Waals surface area contributed by atoms with E-state index in [0.29, 0.717) is 12.0 Å². The van der Waals surface area contributed by atoms with Crippen LogP contribution in [0.15, 0.2) is 30.3 Å². The molecule has 4 atom stereocenters. The van der Waals surface area contributed by atoms with Crippen molar-refractivity contribution in [2.75, 3.05) is 7.05 Å². The molecule has 1 aliphatic carbocycles. The molecule has 116 valence electrons. The van der Waals surface area contributed by atoms with E-state index in [0.717, 1.165) is 25.7 Å². The summed E-state index contributed by atoms with van der Waals surface area (Å²) in [6, 6.07) is 11.1. The van der Waals surface area contributed by atoms with Gasteiger partial charge in [-0.2, -0.15) is 0 Å². The summed E-state index contributed by atoms with van der Waals surface area (Å²) in [7, 11) is 2.09. The predicted octanol–water partition coefficient (Wildman–Crippen LogP) is 3.75. The molecule has 0 aliphatic heterocycles. The van der Waals surface area contributed by atoms with Gasteiger partial charge < -0.3 is 5.11 Å². The second-order valence-electron chi connectivity index (χ2n) is 6.36. The minimum Gasteiger partial charge on any atom is -0.481 e. The lowest BCUT2D eigenvalue weighted by Crippen LogP contribution is -2.48. The molecule has 3 nitrogen and oxygen atoms in total. The fourth-order valence-corrected chi connectivity index (χ4v) is 3.53. The van der Waals surface area contributed by atoms with Crippen LogP contribution >= 0.6 is 0 Å². The molecule has 21 heavy (non-hydrogen) atoms. The Labute approximate surface area is 128 Å². The lowest BCUT2D eigenvalue weighted by Gasteiger charge is -2.42. The van der Waals surface area contributed by atoms with Crippen molar-refractivity contribution in [1.29, 1.82) is 0 Å². The largest absolute Gasteiger partial charge is 0.481 e. The monoisotopic (exact) mass is 289 g/mol. The number of carbonyl (C=O) groups is 1. The van der Waals surface area contributed by atoms with Crippen molar-refractivity contribution < 1.29 is 9.90 Å². The van der Waals surface area contributed by atoms with E-state index in [1.807, 2.05) is 6.07 Å². The molecule has 0 spiro atoms. The van der Waals surface area contributed by atoms with Gasteiger partial charge in [0, 0.05) is 12.1 Å². The van der Waals surface area contributed by atoms with Gasteiger partial charge in [0.1, 0.15) is 0 Å². The van der Waals surface area contributed by atoms with Crippen LogP contribution in [-0.4, -0.2) is 35.1 Å². The highest BCUT2D eigenvalue weighted by Crippen LogP contribution is 2.38. The van der Waals surface area contributed by atoms with Crippen molar-refractivity contribution in [1.82, 2.24) is 4.90 Å². The minimum atomic E-state index is -0.637. The zero-order chi connectivity index (χ0) is 15.4. The van der Waals surface area contributed by atoms with Crippen molar-refractivity contribution in [3.63, 3.8) is 0 Å². The molecule has 0 heterocycles. The number of hydrogen-bond acceptors (Lipinski definition) is 2. The molecular formula is C18H27NO2. The lowest BCUT2D eigenvalue weighted by molar-refractivity contribution is -0.146. The van der Waals surface area contributed by atoms with Crippen LogP contribution in [-0.2, 0) is 4.79 Å².